The van der Waals surface area contributed by atoms with E-state index in [4.69, 9.17) is 5.73 Å². The van der Waals surface area contributed by atoms with Gasteiger partial charge in [-0.25, -0.2) is 18.1 Å². The van der Waals surface area contributed by atoms with Crippen molar-refractivity contribution in [2.24, 2.45) is 11.7 Å². The summed E-state index contributed by atoms with van der Waals surface area (Å²) in [4.78, 5) is 7.25. The van der Waals surface area contributed by atoms with Gasteiger partial charge in [-0.1, -0.05) is 12.8 Å². The summed E-state index contributed by atoms with van der Waals surface area (Å²) < 4.78 is 28.0. The summed E-state index contributed by atoms with van der Waals surface area (Å²) in [7, 11) is -3.59. The molecule has 0 radical (unpaired) electrons. The van der Waals surface area contributed by atoms with Gasteiger partial charge in [0.2, 0.25) is 10.0 Å². The third-order valence-electron chi connectivity index (χ3n) is 4.23. The lowest BCUT2D eigenvalue weighted by Crippen LogP contribution is -2.44. The molecule has 6 nitrogen and oxygen atoms in total. The van der Waals surface area contributed by atoms with E-state index in [-0.39, 0.29) is 10.9 Å². The Bertz CT molecular complexity index is 719. The van der Waals surface area contributed by atoms with E-state index in [0.29, 0.717) is 23.5 Å². The molecule has 1 aliphatic rings. The molecular weight excluding hydrogens is 288 g/mol. The zero-order valence-corrected chi connectivity index (χ0v) is 12.6. The lowest BCUT2D eigenvalue weighted by Gasteiger charge is -2.22. The van der Waals surface area contributed by atoms with Crippen molar-refractivity contribution in [3.63, 3.8) is 0 Å². The number of hydrogen-bond donors (Lipinski definition) is 3. The molecule has 2 aromatic rings. The summed E-state index contributed by atoms with van der Waals surface area (Å²) in [6.45, 7) is 0.324. The molecule has 21 heavy (non-hydrogen) atoms. The molecule has 4 N–H and O–H groups in total. The van der Waals surface area contributed by atoms with E-state index in [1.54, 1.807) is 18.3 Å². The van der Waals surface area contributed by atoms with Crippen LogP contribution in [0.15, 0.2) is 29.4 Å². The Morgan fingerprint density at radius 3 is 2.90 bits per heavy atom. The fourth-order valence-corrected chi connectivity index (χ4v) is 4.59. The quantitative estimate of drug-likeness (QED) is 0.776. The van der Waals surface area contributed by atoms with Crippen molar-refractivity contribution in [3.8, 4) is 0 Å². The second-order valence-electron chi connectivity index (χ2n) is 5.56. The first-order valence-corrected chi connectivity index (χ1v) is 8.74. The predicted octanol–water partition coefficient (Wildman–Crippen LogP) is 1.36. The van der Waals surface area contributed by atoms with Crippen LogP contribution in [-0.4, -0.2) is 31.0 Å². The molecule has 0 aliphatic heterocycles. The molecule has 1 atom stereocenters. The van der Waals surface area contributed by atoms with Crippen LogP contribution >= 0.6 is 0 Å². The third-order valence-corrected chi connectivity index (χ3v) is 5.76. The van der Waals surface area contributed by atoms with Crippen molar-refractivity contribution in [2.45, 2.75) is 36.6 Å². The third kappa shape index (κ3) is 2.81. The molecule has 0 aromatic carbocycles. The number of nitrogens with zero attached hydrogens (tertiary/aromatic N) is 1. The lowest BCUT2D eigenvalue weighted by molar-refractivity contribution is 0.406. The zero-order valence-electron chi connectivity index (χ0n) is 11.7. The van der Waals surface area contributed by atoms with Crippen LogP contribution in [0.2, 0.25) is 0 Å². The largest absolute Gasteiger partial charge is 0.345 e. The molecule has 0 bridgehead atoms. The van der Waals surface area contributed by atoms with Gasteiger partial charge >= 0.3 is 0 Å². The molecule has 1 unspecified atom stereocenters. The van der Waals surface area contributed by atoms with Crippen molar-refractivity contribution in [1.29, 1.82) is 0 Å². The predicted molar refractivity (Wildman–Crippen MR) is 81.2 cm³/mol. The number of sulfonamides is 1. The maximum Gasteiger partial charge on any atom is 0.243 e. The van der Waals surface area contributed by atoms with Gasteiger partial charge in [0.15, 0.2) is 0 Å². The van der Waals surface area contributed by atoms with Gasteiger partial charge in [0.05, 0.1) is 0 Å². The van der Waals surface area contributed by atoms with Crippen LogP contribution in [0.3, 0.4) is 0 Å². The number of pyridine rings is 1. The van der Waals surface area contributed by atoms with Crippen molar-refractivity contribution in [2.75, 3.05) is 6.54 Å². The van der Waals surface area contributed by atoms with E-state index in [1.165, 1.54) is 6.20 Å². The number of aromatic nitrogens is 2. The first kappa shape index (κ1) is 14.5. The minimum atomic E-state index is -3.59. The monoisotopic (exact) mass is 308 g/mol. The van der Waals surface area contributed by atoms with Gasteiger partial charge in [0, 0.05) is 30.4 Å². The number of H-pyrrole nitrogens is 1. The standard InChI is InChI=1S/C14H20N4O2S/c15-8-12(10-4-1-2-5-10)18-21(19,20)13-9-17-14-11(13)6-3-7-16-14/h3,6-7,9-10,12,18H,1-2,4-5,8,15H2,(H,16,17). The van der Waals surface area contributed by atoms with Gasteiger partial charge in [-0.05, 0) is 30.9 Å². The summed E-state index contributed by atoms with van der Waals surface area (Å²) >= 11 is 0. The fourth-order valence-electron chi connectivity index (χ4n) is 3.11. The molecule has 0 saturated heterocycles. The maximum absolute atomic E-state index is 12.6. The summed E-state index contributed by atoms with van der Waals surface area (Å²) in [6.07, 6.45) is 7.51. The van der Waals surface area contributed by atoms with Gasteiger partial charge in [-0.2, -0.15) is 0 Å². The first-order chi connectivity index (χ1) is 10.1. The van der Waals surface area contributed by atoms with Crippen molar-refractivity contribution >= 4 is 21.1 Å². The number of nitrogens with one attached hydrogen (secondary N) is 2. The minimum Gasteiger partial charge on any atom is -0.345 e. The highest BCUT2D eigenvalue weighted by Gasteiger charge is 2.29. The Balaban J connectivity index is 1.89. The topological polar surface area (TPSA) is 101 Å². The van der Waals surface area contributed by atoms with Crippen molar-refractivity contribution < 1.29 is 8.42 Å². The Labute approximate surface area is 124 Å². The molecule has 0 amide bonds. The number of rotatable bonds is 5. The number of fused-ring (bicyclic) bond motifs is 1. The average Bonchev–Trinajstić information content (AvgIpc) is 3.14. The van der Waals surface area contributed by atoms with Crippen LogP contribution in [0, 0.1) is 5.92 Å². The van der Waals surface area contributed by atoms with Crippen LogP contribution in [-0.2, 0) is 10.0 Å². The average molecular weight is 308 g/mol. The van der Waals surface area contributed by atoms with Crippen LogP contribution in [0.5, 0.6) is 0 Å². The van der Waals surface area contributed by atoms with Gasteiger partial charge < -0.3 is 10.7 Å². The molecule has 1 fully saturated rings. The van der Waals surface area contributed by atoms with Crippen LogP contribution in [0.1, 0.15) is 25.7 Å². The van der Waals surface area contributed by atoms with E-state index >= 15 is 0 Å². The Hall–Kier alpha value is -1.44. The SMILES string of the molecule is NCC(NS(=O)(=O)c1c[nH]c2ncccc12)C1CCCC1. The molecular formula is C14H20N4O2S. The molecule has 2 heterocycles. The second-order valence-corrected chi connectivity index (χ2v) is 7.24. The minimum absolute atomic E-state index is 0.195. The second kappa shape index (κ2) is 5.75. The lowest BCUT2D eigenvalue weighted by atomic mass is 9.99. The Morgan fingerprint density at radius 2 is 2.19 bits per heavy atom. The molecule has 114 valence electrons. The van der Waals surface area contributed by atoms with Crippen LogP contribution in [0.25, 0.3) is 11.0 Å². The van der Waals surface area contributed by atoms with E-state index in [1.807, 2.05) is 0 Å². The first-order valence-electron chi connectivity index (χ1n) is 7.26. The smallest absolute Gasteiger partial charge is 0.243 e. The number of hydrogen-bond acceptors (Lipinski definition) is 4. The molecule has 1 saturated carbocycles. The number of nitrogens with two attached hydrogens (primary N) is 1. The Morgan fingerprint density at radius 1 is 1.43 bits per heavy atom. The highest BCUT2D eigenvalue weighted by Crippen LogP contribution is 2.29. The zero-order chi connectivity index (χ0) is 14.9. The van der Waals surface area contributed by atoms with Gasteiger partial charge in [0.1, 0.15) is 10.5 Å². The van der Waals surface area contributed by atoms with E-state index in [2.05, 4.69) is 14.7 Å². The van der Waals surface area contributed by atoms with Crippen molar-refractivity contribution in [1.82, 2.24) is 14.7 Å². The Kier molecular flexibility index (Phi) is 3.97. The highest BCUT2D eigenvalue weighted by molar-refractivity contribution is 7.89. The van der Waals surface area contributed by atoms with Crippen molar-refractivity contribution in [3.05, 3.63) is 24.5 Å². The van der Waals surface area contributed by atoms with E-state index < -0.39 is 10.0 Å². The van der Waals surface area contributed by atoms with Crippen LogP contribution in [0.4, 0.5) is 0 Å². The molecule has 2 aromatic heterocycles. The van der Waals surface area contributed by atoms with E-state index in [0.717, 1.165) is 25.7 Å². The maximum atomic E-state index is 12.6. The highest BCUT2D eigenvalue weighted by atomic mass is 32.2. The van der Waals surface area contributed by atoms with Gasteiger partial charge in [0.25, 0.3) is 0 Å². The molecule has 0 spiro atoms. The van der Waals surface area contributed by atoms with Crippen LogP contribution < -0.4 is 10.5 Å². The normalized spacial score (nSPS) is 18.3. The summed E-state index contributed by atoms with van der Waals surface area (Å²) in [6, 6.07) is 3.28. The summed E-state index contributed by atoms with van der Waals surface area (Å²) in [5.41, 5.74) is 6.35. The van der Waals surface area contributed by atoms with Gasteiger partial charge in [-0.15, -0.1) is 0 Å². The summed E-state index contributed by atoms with van der Waals surface area (Å²) in [5, 5.41) is 0.604. The molecule has 7 heteroatoms. The molecule has 1 aliphatic carbocycles. The summed E-state index contributed by atoms with van der Waals surface area (Å²) in [5.74, 6) is 0.341. The molecule has 3 rings (SSSR count). The van der Waals surface area contributed by atoms with Gasteiger partial charge in [-0.3, -0.25) is 0 Å². The number of aromatic amines is 1. The van der Waals surface area contributed by atoms with E-state index in [9.17, 15) is 8.42 Å². The fraction of sp³-hybridized carbons (Fsp3) is 0.500.